The number of nitrogens with zero attached hydrogens (tertiary/aromatic N) is 2. The lowest BCUT2D eigenvalue weighted by molar-refractivity contribution is 0.597. The number of H-pyrrole nitrogens is 1. The lowest BCUT2D eigenvalue weighted by Crippen LogP contribution is -2.02. The van der Waals surface area contributed by atoms with Crippen molar-refractivity contribution >= 4 is 23.6 Å². The highest BCUT2D eigenvalue weighted by atomic mass is 32.1. The second kappa shape index (κ2) is 4.63. The van der Waals surface area contributed by atoms with Gasteiger partial charge in [-0.05, 0) is 63.4 Å². The summed E-state index contributed by atoms with van der Waals surface area (Å²) in [6.45, 7) is 4.28. The van der Waals surface area contributed by atoms with E-state index in [9.17, 15) is 0 Å². The summed E-state index contributed by atoms with van der Waals surface area (Å²) in [5.41, 5.74) is 1.52. The topological polar surface area (TPSA) is 33.6 Å². The maximum atomic E-state index is 5.31. The van der Waals surface area contributed by atoms with E-state index in [1.807, 2.05) is 11.3 Å². The maximum Gasteiger partial charge on any atom is 0.195 e. The number of fused-ring (bicyclic) bond motifs is 1. The lowest BCUT2D eigenvalue weighted by Gasteiger charge is -2.08. The van der Waals surface area contributed by atoms with Gasteiger partial charge in [0.1, 0.15) is 0 Å². The summed E-state index contributed by atoms with van der Waals surface area (Å²) in [6, 6.07) is 2.65. The third-order valence-electron chi connectivity index (χ3n) is 3.44. The van der Waals surface area contributed by atoms with Gasteiger partial charge in [-0.2, -0.15) is 5.10 Å². The van der Waals surface area contributed by atoms with Crippen molar-refractivity contribution in [1.29, 1.82) is 0 Å². The van der Waals surface area contributed by atoms with Crippen molar-refractivity contribution in [1.82, 2.24) is 14.8 Å². The smallest absolute Gasteiger partial charge is 0.195 e. The molecule has 5 heteroatoms. The molecule has 1 N–H and O–H groups in total. The van der Waals surface area contributed by atoms with Gasteiger partial charge in [0, 0.05) is 10.9 Å². The molecule has 0 amide bonds. The fourth-order valence-electron chi connectivity index (χ4n) is 2.56. The van der Waals surface area contributed by atoms with Gasteiger partial charge in [-0.15, -0.1) is 11.3 Å². The number of hydrogen-bond acceptors (Lipinski definition) is 3. The quantitative estimate of drug-likeness (QED) is 0.839. The molecule has 0 spiro atoms. The molecule has 0 atom stereocenters. The van der Waals surface area contributed by atoms with Crippen molar-refractivity contribution < 1.29 is 0 Å². The van der Waals surface area contributed by atoms with E-state index in [0.29, 0.717) is 10.8 Å². The average Bonchev–Trinajstić information content (AvgIpc) is 2.91. The van der Waals surface area contributed by atoms with E-state index in [4.69, 9.17) is 12.2 Å². The minimum Gasteiger partial charge on any atom is -0.297 e. The van der Waals surface area contributed by atoms with Crippen LogP contribution in [0, 0.1) is 4.77 Å². The zero-order valence-electron chi connectivity index (χ0n) is 10.7. The molecule has 0 aliphatic heterocycles. The number of aryl methyl sites for hydroxylation is 2. The molecule has 3 nitrogen and oxygen atoms in total. The zero-order valence-corrected chi connectivity index (χ0v) is 12.3. The minimum absolute atomic E-state index is 0.338. The summed E-state index contributed by atoms with van der Waals surface area (Å²) >= 11 is 7.19. The Bertz CT molecular complexity index is 595. The highest BCUT2D eigenvalue weighted by molar-refractivity contribution is 7.71. The first-order valence-electron chi connectivity index (χ1n) is 6.45. The van der Waals surface area contributed by atoms with E-state index in [-0.39, 0.29) is 0 Å². The number of aromatic amines is 1. The first kappa shape index (κ1) is 12.1. The lowest BCUT2D eigenvalue weighted by atomic mass is 9.99. The van der Waals surface area contributed by atoms with Gasteiger partial charge in [-0.25, -0.2) is 0 Å². The molecule has 0 saturated carbocycles. The van der Waals surface area contributed by atoms with Gasteiger partial charge in [-0.1, -0.05) is 0 Å². The predicted molar refractivity (Wildman–Crippen MR) is 77.8 cm³/mol. The first-order valence-corrected chi connectivity index (χ1v) is 7.68. The van der Waals surface area contributed by atoms with Gasteiger partial charge in [-0.3, -0.25) is 9.67 Å². The third kappa shape index (κ3) is 1.95. The van der Waals surface area contributed by atoms with Crippen LogP contribution in [0.15, 0.2) is 6.07 Å². The molecule has 0 fully saturated rings. The van der Waals surface area contributed by atoms with Crippen molar-refractivity contribution in [2.45, 2.75) is 45.6 Å². The van der Waals surface area contributed by atoms with Crippen LogP contribution in [0.1, 0.15) is 43.2 Å². The minimum atomic E-state index is 0.338. The van der Waals surface area contributed by atoms with E-state index in [1.54, 1.807) is 4.88 Å². The van der Waals surface area contributed by atoms with Crippen molar-refractivity contribution in [2.75, 3.05) is 0 Å². The number of hydrogen-bond donors (Lipinski definition) is 1. The Balaban J connectivity index is 2.10. The first-order chi connectivity index (χ1) is 8.66. The van der Waals surface area contributed by atoms with Crippen LogP contribution in [0.25, 0.3) is 10.7 Å². The van der Waals surface area contributed by atoms with Crippen LogP contribution in [-0.2, 0) is 12.8 Å². The molecule has 0 unspecified atom stereocenters. The Kier molecular flexibility index (Phi) is 3.11. The van der Waals surface area contributed by atoms with Crippen molar-refractivity contribution in [3.63, 3.8) is 0 Å². The zero-order chi connectivity index (χ0) is 12.7. The fraction of sp³-hybridized carbons (Fsp3) is 0.538. The fourth-order valence-corrected chi connectivity index (χ4v) is 4.14. The van der Waals surface area contributed by atoms with Crippen LogP contribution in [0.4, 0.5) is 0 Å². The van der Waals surface area contributed by atoms with E-state index >= 15 is 0 Å². The molecule has 3 rings (SSSR count). The van der Waals surface area contributed by atoms with Crippen LogP contribution >= 0.6 is 23.6 Å². The molecule has 0 saturated heterocycles. The molecular formula is C13H17N3S2. The Morgan fingerprint density at radius 2 is 2.17 bits per heavy atom. The molecule has 96 valence electrons. The van der Waals surface area contributed by atoms with Gasteiger partial charge in [0.25, 0.3) is 0 Å². The van der Waals surface area contributed by atoms with Gasteiger partial charge in [0.15, 0.2) is 10.6 Å². The molecular weight excluding hydrogens is 262 g/mol. The van der Waals surface area contributed by atoms with Gasteiger partial charge < -0.3 is 0 Å². The van der Waals surface area contributed by atoms with Crippen molar-refractivity contribution in [2.24, 2.45) is 0 Å². The number of aromatic nitrogens is 3. The van der Waals surface area contributed by atoms with E-state index in [1.165, 1.54) is 36.1 Å². The summed E-state index contributed by atoms with van der Waals surface area (Å²) < 4.78 is 2.82. The van der Waals surface area contributed by atoms with Crippen LogP contribution in [-0.4, -0.2) is 14.8 Å². The average molecular weight is 279 g/mol. The molecule has 2 aromatic heterocycles. The molecule has 0 radical (unpaired) electrons. The molecule has 0 bridgehead atoms. The van der Waals surface area contributed by atoms with Crippen LogP contribution < -0.4 is 0 Å². The van der Waals surface area contributed by atoms with Crippen molar-refractivity contribution in [3.8, 4) is 10.7 Å². The molecule has 0 aromatic carbocycles. The number of nitrogens with one attached hydrogen (secondary N) is 1. The highest BCUT2D eigenvalue weighted by Gasteiger charge is 2.18. The van der Waals surface area contributed by atoms with Crippen LogP contribution in [0.5, 0.6) is 0 Å². The molecule has 1 aliphatic rings. The van der Waals surface area contributed by atoms with Crippen LogP contribution in [0.2, 0.25) is 0 Å². The second-order valence-corrected chi connectivity index (χ2v) is 6.61. The molecule has 18 heavy (non-hydrogen) atoms. The van der Waals surface area contributed by atoms with Gasteiger partial charge >= 0.3 is 0 Å². The summed E-state index contributed by atoms with van der Waals surface area (Å²) in [5.74, 6) is 0.995. The van der Waals surface area contributed by atoms with Gasteiger partial charge in [0.2, 0.25) is 0 Å². The normalized spacial score (nSPS) is 15.1. The Hall–Kier alpha value is -0.940. The molecule has 1 aliphatic carbocycles. The van der Waals surface area contributed by atoms with E-state index in [2.05, 4.69) is 34.7 Å². The Morgan fingerprint density at radius 3 is 2.89 bits per heavy atom. The summed E-state index contributed by atoms with van der Waals surface area (Å²) in [7, 11) is 0. The SMILES string of the molecule is CC(C)n1c(-c2cc3c(s2)CCCC3)n[nH]c1=S. The summed E-state index contributed by atoms with van der Waals surface area (Å²) in [4.78, 5) is 2.79. The van der Waals surface area contributed by atoms with Gasteiger partial charge in [0.05, 0.1) is 4.88 Å². The predicted octanol–water partition coefficient (Wildman–Crippen LogP) is 4.13. The third-order valence-corrected chi connectivity index (χ3v) is 4.96. The number of thiophene rings is 1. The summed E-state index contributed by atoms with van der Waals surface area (Å²) in [6.07, 6.45) is 5.09. The Morgan fingerprint density at radius 1 is 1.39 bits per heavy atom. The largest absolute Gasteiger partial charge is 0.297 e. The monoisotopic (exact) mass is 279 g/mol. The van der Waals surface area contributed by atoms with E-state index < -0.39 is 0 Å². The highest BCUT2D eigenvalue weighted by Crippen LogP contribution is 2.35. The van der Waals surface area contributed by atoms with Crippen LogP contribution in [0.3, 0.4) is 0 Å². The van der Waals surface area contributed by atoms with Crippen molar-refractivity contribution in [3.05, 3.63) is 21.3 Å². The maximum absolute atomic E-state index is 5.31. The standard InChI is InChI=1S/C13H17N3S2/c1-8(2)16-12(14-15-13(16)17)11-7-9-5-3-4-6-10(9)18-11/h7-8H,3-6H2,1-2H3,(H,15,17). The Labute approximate surface area is 116 Å². The second-order valence-electron chi connectivity index (χ2n) is 5.08. The molecule has 2 aromatic rings. The number of rotatable bonds is 2. The molecule has 2 heterocycles. The summed E-state index contributed by atoms with van der Waals surface area (Å²) in [5, 5.41) is 7.33. The van der Waals surface area contributed by atoms with E-state index in [0.717, 1.165) is 5.82 Å².